The van der Waals surface area contributed by atoms with E-state index in [0.29, 0.717) is 33.8 Å². The Hall–Kier alpha value is -6.65. The monoisotopic (exact) mass is 934 g/mol. The number of aromatic nitrogens is 3. The van der Waals surface area contributed by atoms with Crippen LogP contribution < -0.4 is 0 Å². The van der Waals surface area contributed by atoms with Gasteiger partial charge in [0, 0.05) is 60.2 Å². The summed E-state index contributed by atoms with van der Waals surface area (Å²) in [6, 6.07) is 60.6. The molecule has 0 N–H and O–H groups in total. The van der Waals surface area contributed by atoms with Crippen LogP contribution in [0, 0.1) is 26.0 Å². The van der Waals surface area contributed by atoms with Gasteiger partial charge < -0.3 is 14.0 Å². The van der Waals surface area contributed by atoms with Crippen LogP contribution in [0.2, 0.25) is 0 Å². The Labute approximate surface area is 364 Å². The van der Waals surface area contributed by atoms with Crippen molar-refractivity contribution in [1.82, 2.24) is 14.5 Å². The van der Waals surface area contributed by atoms with Gasteiger partial charge in [0.2, 0.25) is 0 Å². The summed E-state index contributed by atoms with van der Waals surface area (Å²) < 4.78 is 69.7. The van der Waals surface area contributed by atoms with Gasteiger partial charge in [-0.2, -0.15) is 0 Å². The standard InChI is InChI=1S/C40H27N2O.C13H12N.Ir/c1-4-13-28(14-5-1)25-29-23-24-34-35(27-43-38(34)26-29)40-41-36-21-10-11-22-37(36)42(40)39-32(30-15-6-2-7-16-30)19-12-20-33(39)31-17-8-3-9-18-31;1-10-3-6-12(7-4-10)13-8-5-11(2)9-14-13;/h1-24,26H,25H2;3-6,8-9H,1-2H3;/q2*-1;/i25D2;1D3,2D3;. The Kier molecular flexibility index (Phi) is 8.79. The first-order valence-electron chi connectivity index (χ1n) is 22.5. The van der Waals surface area contributed by atoms with E-state index in [2.05, 4.69) is 94.7 Å². The number of imidazole rings is 1. The Morgan fingerprint density at radius 1 is 0.655 bits per heavy atom. The molecule has 0 bridgehead atoms. The van der Waals surface area contributed by atoms with Crippen LogP contribution in [0.15, 0.2) is 193 Å². The average molecular weight is 934 g/mol. The molecule has 0 unspecified atom stereocenters. The van der Waals surface area contributed by atoms with Gasteiger partial charge in [-0.15, -0.1) is 41.5 Å². The fourth-order valence-electron chi connectivity index (χ4n) is 6.95. The maximum atomic E-state index is 8.88. The van der Waals surface area contributed by atoms with Gasteiger partial charge in [0.1, 0.15) is 0 Å². The summed E-state index contributed by atoms with van der Waals surface area (Å²) in [6.07, 6.45) is 2.77. The quantitative estimate of drug-likeness (QED) is 0.150. The molecule has 10 aromatic rings. The first-order chi connectivity index (χ1) is 31.3. The number of pyridine rings is 1. The molecule has 7 aromatic carbocycles. The van der Waals surface area contributed by atoms with Crippen LogP contribution in [0.5, 0.6) is 0 Å². The fraction of sp³-hybridized carbons (Fsp3) is 0.0566. The number of para-hydroxylation sites is 3. The van der Waals surface area contributed by atoms with Crippen molar-refractivity contribution in [2.45, 2.75) is 20.1 Å². The van der Waals surface area contributed by atoms with Gasteiger partial charge in [-0.3, -0.25) is 4.98 Å². The van der Waals surface area contributed by atoms with Crippen LogP contribution in [0.1, 0.15) is 33.2 Å². The molecular weight excluding hydrogens is 887 g/mol. The van der Waals surface area contributed by atoms with Crippen LogP contribution in [-0.4, -0.2) is 14.5 Å². The molecule has 1 radical (unpaired) electrons. The summed E-state index contributed by atoms with van der Waals surface area (Å²) in [5, 5.41) is 0.817. The number of nitrogens with zero attached hydrogens (tertiary/aromatic N) is 3. The first kappa shape index (κ1) is 29.6. The largest absolute Gasteiger partial charge is 0.557 e. The first-order valence-corrected chi connectivity index (χ1v) is 18.5. The van der Waals surface area contributed by atoms with Crippen molar-refractivity contribution in [2.24, 2.45) is 0 Å². The molecule has 283 valence electrons. The molecule has 0 amide bonds. The molecule has 0 aliphatic rings. The molecule has 0 fully saturated rings. The van der Waals surface area contributed by atoms with Crippen molar-refractivity contribution in [3.8, 4) is 50.6 Å². The molecule has 3 aromatic heterocycles. The van der Waals surface area contributed by atoms with Crippen molar-refractivity contribution in [1.29, 1.82) is 0 Å². The number of hydrogen-bond donors (Lipinski definition) is 0. The van der Waals surface area contributed by atoms with E-state index in [0.717, 1.165) is 49.9 Å². The zero-order chi connectivity index (χ0) is 45.3. The maximum Gasteiger partial charge on any atom is 0.0774 e. The van der Waals surface area contributed by atoms with Crippen molar-refractivity contribution in [2.75, 3.05) is 0 Å². The molecule has 58 heavy (non-hydrogen) atoms. The zero-order valence-electron chi connectivity index (χ0n) is 39.0. The summed E-state index contributed by atoms with van der Waals surface area (Å²) in [6.45, 7) is -4.34. The van der Waals surface area contributed by atoms with E-state index >= 15 is 0 Å². The third kappa shape index (κ3) is 7.96. The van der Waals surface area contributed by atoms with Gasteiger partial charge in [-0.1, -0.05) is 169 Å². The second kappa shape index (κ2) is 17.2. The molecule has 0 atom stereocenters. The molecular formula is C53H39IrN3O-2. The summed E-state index contributed by atoms with van der Waals surface area (Å²) in [5.74, 6) is 0.703. The van der Waals surface area contributed by atoms with E-state index in [1.54, 1.807) is 30.3 Å². The van der Waals surface area contributed by atoms with Crippen molar-refractivity contribution in [3.05, 3.63) is 223 Å². The minimum absolute atomic E-state index is 0. The van der Waals surface area contributed by atoms with Crippen molar-refractivity contribution < 1.29 is 35.5 Å². The summed E-state index contributed by atoms with van der Waals surface area (Å²) >= 11 is 0. The second-order valence-electron chi connectivity index (χ2n) is 13.4. The summed E-state index contributed by atoms with van der Waals surface area (Å²) in [4.78, 5) is 9.24. The molecule has 0 aliphatic carbocycles. The van der Waals surface area contributed by atoms with Crippen LogP contribution >= 0.6 is 0 Å². The smallest absolute Gasteiger partial charge is 0.0774 e. The second-order valence-corrected chi connectivity index (χ2v) is 13.4. The van der Waals surface area contributed by atoms with E-state index < -0.39 is 20.1 Å². The third-order valence-electron chi connectivity index (χ3n) is 9.64. The van der Waals surface area contributed by atoms with Crippen LogP contribution in [0.4, 0.5) is 0 Å². The van der Waals surface area contributed by atoms with E-state index in [4.69, 9.17) is 20.4 Å². The Morgan fingerprint density at radius 2 is 1.33 bits per heavy atom. The molecule has 0 spiro atoms. The third-order valence-corrected chi connectivity index (χ3v) is 9.64. The number of furan rings is 1. The molecule has 5 heteroatoms. The van der Waals surface area contributed by atoms with Crippen LogP contribution in [0.3, 0.4) is 0 Å². The van der Waals surface area contributed by atoms with Crippen LogP contribution in [-0.2, 0) is 26.5 Å². The minimum Gasteiger partial charge on any atom is -0.557 e. The Bertz CT molecular complexity index is 3130. The SMILES string of the molecule is [2H]C([2H])([2H])c1c[c-]c(-c2ccc(C([2H])([2H])[2H])cn2)cc1.[2H]C([2H])(c1ccccc1)c1ccc2c(-c3nc4ccccc4n3-c3c(-c4ccccc4)cccc3-c3ccccc3)[c-]oc2c1.[Ir]. The summed E-state index contributed by atoms with van der Waals surface area (Å²) in [5.41, 5.74) is 11.1. The van der Waals surface area contributed by atoms with Gasteiger partial charge in [0.15, 0.2) is 0 Å². The van der Waals surface area contributed by atoms with Gasteiger partial charge in [0.25, 0.3) is 0 Å². The van der Waals surface area contributed by atoms with E-state index in [9.17, 15) is 0 Å². The van der Waals surface area contributed by atoms with Gasteiger partial charge in [-0.05, 0) is 53.3 Å². The number of fused-ring (bicyclic) bond motifs is 2. The minimum atomic E-state index is -2.18. The maximum absolute atomic E-state index is 8.88. The van der Waals surface area contributed by atoms with Gasteiger partial charge in [-0.25, -0.2) is 0 Å². The number of aryl methyl sites for hydroxylation is 2. The number of rotatable bonds is 7. The molecule has 0 saturated carbocycles. The molecule has 10 rings (SSSR count). The van der Waals surface area contributed by atoms with E-state index in [-0.39, 0.29) is 31.2 Å². The normalized spacial score (nSPS) is 13.6. The molecule has 0 aliphatic heterocycles. The van der Waals surface area contributed by atoms with E-state index in [1.165, 1.54) is 24.4 Å². The molecule has 4 nitrogen and oxygen atoms in total. The fourth-order valence-corrected chi connectivity index (χ4v) is 6.95. The molecule has 0 saturated heterocycles. The topological polar surface area (TPSA) is 43.9 Å². The van der Waals surface area contributed by atoms with Crippen molar-refractivity contribution in [3.63, 3.8) is 0 Å². The predicted molar refractivity (Wildman–Crippen MR) is 233 cm³/mol. The van der Waals surface area contributed by atoms with Gasteiger partial charge in [0.05, 0.1) is 22.5 Å². The number of hydrogen-bond acceptors (Lipinski definition) is 3. The Morgan fingerprint density at radius 3 is 1.98 bits per heavy atom. The predicted octanol–water partition coefficient (Wildman–Crippen LogP) is 13.3. The van der Waals surface area contributed by atoms with Crippen LogP contribution in [0.25, 0.3) is 72.6 Å². The number of benzene rings is 7. The zero-order valence-corrected chi connectivity index (χ0v) is 33.4. The summed E-state index contributed by atoms with van der Waals surface area (Å²) in [7, 11) is 0. The van der Waals surface area contributed by atoms with Gasteiger partial charge >= 0.3 is 0 Å². The van der Waals surface area contributed by atoms with Crippen molar-refractivity contribution >= 4 is 22.0 Å². The molecule has 3 heterocycles. The average Bonchev–Trinajstić information content (AvgIpc) is 3.93. The Balaban J connectivity index is 0.000000238. The van der Waals surface area contributed by atoms with E-state index in [1.807, 2.05) is 60.7 Å².